The highest BCUT2D eigenvalue weighted by atomic mass is 79.9. The molecule has 8 heteroatoms. The Labute approximate surface area is 230 Å². The lowest BCUT2D eigenvalue weighted by atomic mass is 10.1. The van der Waals surface area contributed by atoms with E-state index in [1.165, 1.54) is 11.1 Å². The van der Waals surface area contributed by atoms with E-state index < -0.39 is 0 Å². The number of rotatable bonds is 8. The van der Waals surface area contributed by atoms with Crippen molar-refractivity contribution in [2.24, 2.45) is 0 Å². The normalized spacial score (nSPS) is 11.8. The first-order chi connectivity index (χ1) is 15.9. The highest BCUT2D eigenvalue weighted by Crippen LogP contribution is 2.30. The van der Waals surface area contributed by atoms with Crippen molar-refractivity contribution in [3.63, 3.8) is 0 Å². The Bertz CT molecular complexity index is 1240. The average molecular weight is 601 g/mol. The van der Waals surface area contributed by atoms with Crippen molar-refractivity contribution in [3.8, 4) is 0 Å². The van der Waals surface area contributed by atoms with Gasteiger partial charge in [0.25, 0.3) is 0 Å². The van der Waals surface area contributed by atoms with E-state index in [2.05, 4.69) is 52.8 Å². The number of hydrogen-bond donors (Lipinski definition) is 0. The van der Waals surface area contributed by atoms with E-state index in [0.717, 1.165) is 17.7 Å². The molecule has 3 nitrogen and oxygen atoms in total. The zero-order chi connectivity index (χ0) is 23.4. The number of halogens is 5. The first-order valence-corrected chi connectivity index (χ1v) is 12.0. The fourth-order valence-corrected chi connectivity index (χ4v) is 4.56. The van der Waals surface area contributed by atoms with Gasteiger partial charge in [0.05, 0.1) is 6.61 Å². The molecule has 0 N–H and O–H groups in total. The first-order valence-electron chi connectivity index (χ1n) is 10.5. The summed E-state index contributed by atoms with van der Waals surface area (Å²) in [6, 6.07) is 19.4. The molecule has 3 aromatic carbocycles. The number of benzene rings is 3. The van der Waals surface area contributed by atoms with Crippen molar-refractivity contribution in [1.82, 2.24) is 4.57 Å². The van der Waals surface area contributed by atoms with Gasteiger partial charge in [-0.2, -0.15) is 0 Å². The molecule has 0 spiro atoms. The number of hydrogen-bond acceptors (Lipinski definition) is 1. The fraction of sp³-hybridized carbons (Fsp3) is 0.192. The van der Waals surface area contributed by atoms with Crippen LogP contribution >= 0.6 is 46.4 Å². The van der Waals surface area contributed by atoms with Crippen molar-refractivity contribution in [2.45, 2.75) is 32.7 Å². The van der Waals surface area contributed by atoms with Crippen molar-refractivity contribution >= 4 is 46.4 Å². The molecule has 0 fully saturated rings. The van der Waals surface area contributed by atoms with Crippen LogP contribution in [0, 0.1) is 6.92 Å². The smallest absolute Gasteiger partial charge is 0.244 e. The largest absolute Gasteiger partial charge is 1.00 e. The number of imidazole rings is 1. The van der Waals surface area contributed by atoms with E-state index in [9.17, 15) is 0 Å². The van der Waals surface area contributed by atoms with Crippen LogP contribution in [0.3, 0.4) is 0 Å². The number of aromatic nitrogens is 2. The Morgan fingerprint density at radius 1 is 0.882 bits per heavy atom. The second kappa shape index (κ2) is 12.4. The average Bonchev–Trinajstić information content (AvgIpc) is 3.21. The van der Waals surface area contributed by atoms with Crippen LogP contribution in [0.1, 0.15) is 28.4 Å². The molecule has 0 saturated heterocycles. The Morgan fingerprint density at radius 3 is 2.24 bits per heavy atom. The SMILES string of the molecule is Cc1ccc(Cn2cc[n+](CC(OCc3ccc(Cl)cc3Cl)c3ccc(Cl)cc3Cl)c2)cc1.[Br-]. The summed E-state index contributed by atoms with van der Waals surface area (Å²) < 4.78 is 10.5. The van der Waals surface area contributed by atoms with Crippen LogP contribution in [0.2, 0.25) is 20.1 Å². The summed E-state index contributed by atoms with van der Waals surface area (Å²) in [5.74, 6) is 0. The molecule has 0 radical (unpaired) electrons. The maximum Gasteiger partial charge on any atom is 0.244 e. The third-order valence-corrected chi connectivity index (χ3v) is 6.52. The molecule has 0 bridgehead atoms. The van der Waals surface area contributed by atoms with Crippen molar-refractivity contribution in [1.29, 1.82) is 0 Å². The predicted octanol–water partition coefficient (Wildman–Crippen LogP) is 4.71. The molecular formula is C26H23BrCl4N2O. The summed E-state index contributed by atoms with van der Waals surface area (Å²) in [6.45, 7) is 3.78. The maximum atomic E-state index is 6.53. The van der Waals surface area contributed by atoms with Gasteiger partial charge < -0.3 is 21.7 Å². The van der Waals surface area contributed by atoms with Crippen LogP contribution in [-0.2, 0) is 24.4 Å². The molecule has 0 aliphatic carbocycles. The molecule has 1 unspecified atom stereocenters. The molecule has 1 heterocycles. The molecular weight excluding hydrogens is 578 g/mol. The maximum absolute atomic E-state index is 6.53. The Morgan fingerprint density at radius 2 is 1.56 bits per heavy atom. The number of nitrogens with zero attached hydrogens (tertiary/aromatic N) is 2. The molecule has 34 heavy (non-hydrogen) atoms. The van der Waals surface area contributed by atoms with Gasteiger partial charge in [-0.05, 0) is 42.3 Å². The zero-order valence-corrected chi connectivity index (χ0v) is 23.0. The van der Waals surface area contributed by atoms with Gasteiger partial charge in [0.15, 0.2) is 0 Å². The quantitative estimate of drug-likeness (QED) is 0.268. The topological polar surface area (TPSA) is 18.0 Å². The van der Waals surface area contributed by atoms with Crippen LogP contribution in [0.15, 0.2) is 79.4 Å². The molecule has 0 aliphatic rings. The molecule has 4 rings (SSSR count). The summed E-state index contributed by atoms with van der Waals surface area (Å²) in [6.07, 6.45) is 5.84. The van der Waals surface area contributed by atoms with Gasteiger partial charge in [-0.25, -0.2) is 9.13 Å². The number of ether oxygens (including phenoxy) is 1. The highest BCUT2D eigenvalue weighted by molar-refractivity contribution is 6.35. The van der Waals surface area contributed by atoms with Gasteiger partial charge in [0, 0.05) is 25.7 Å². The lowest BCUT2D eigenvalue weighted by Gasteiger charge is -2.19. The molecule has 4 aromatic rings. The summed E-state index contributed by atoms with van der Waals surface area (Å²) >= 11 is 25.0. The Balaban J connectivity index is 0.00000324. The minimum absolute atomic E-state index is 0. The predicted molar refractivity (Wildman–Crippen MR) is 135 cm³/mol. The zero-order valence-electron chi connectivity index (χ0n) is 18.4. The molecule has 0 aliphatic heterocycles. The summed E-state index contributed by atoms with van der Waals surface area (Å²) in [7, 11) is 0. The first kappa shape index (κ1) is 27.1. The Kier molecular flexibility index (Phi) is 9.90. The van der Waals surface area contributed by atoms with Crippen LogP contribution in [0.25, 0.3) is 0 Å². The molecule has 178 valence electrons. The van der Waals surface area contributed by atoms with Gasteiger partial charge in [-0.1, -0.05) is 88.4 Å². The summed E-state index contributed by atoms with van der Waals surface area (Å²) in [5, 5.41) is 2.31. The standard InChI is InChI=1S/C26H23Cl4N2O.BrH/c1-18-2-4-19(5-3-18)14-31-10-11-32(17-31)15-26(23-9-8-22(28)13-25(23)30)33-16-20-6-7-21(27)12-24(20)29;/h2-13,17,26H,14-16H2,1H3;1H/q+1;/p-1. The van der Waals surface area contributed by atoms with E-state index in [4.69, 9.17) is 51.1 Å². The van der Waals surface area contributed by atoms with Crippen LogP contribution in [-0.4, -0.2) is 4.57 Å². The lowest BCUT2D eigenvalue weighted by Crippen LogP contribution is -3.00. The molecule has 1 atom stereocenters. The van der Waals surface area contributed by atoms with E-state index in [-0.39, 0.29) is 23.1 Å². The van der Waals surface area contributed by atoms with Crippen LogP contribution in [0.4, 0.5) is 0 Å². The lowest BCUT2D eigenvalue weighted by molar-refractivity contribution is -0.704. The van der Waals surface area contributed by atoms with Crippen molar-refractivity contribution in [2.75, 3.05) is 0 Å². The van der Waals surface area contributed by atoms with Gasteiger partial charge in [-0.15, -0.1) is 0 Å². The van der Waals surface area contributed by atoms with E-state index >= 15 is 0 Å². The van der Waals surface area contributed by atoms with E-state index in [1.807, 2.05) is 24.4 Å². The van der Waals surface area contributed by atoms with Crippen molar-refractivity contribution < 1.29 is 26.3 Å². The van der Waals surface area contributed by atoms with Gasteiger partial charge in [-0.3, -0.25) is 0 Å². The minimum atomic E-state index is -0.304. The fourth-order valence-electron chi connectivity index (χ4n) is 3.57. The summed E-state index contributed by atoms with van der Waals surface area (Å²) in [4.78, 5) is 0. The van der Waals surface area contributed by atoms with Crippen LogP contribution in [0.5, 0.6) is 0 Å². The summed E-state index contributed by atoms with van der Waals surface area (Å²) in [5.41, 5.74) is 4.22. The van der Waals surface area contributed by atoms with Crippen LogP contribution < -0.4 is 21.5 Å². The minimum Gasteiger partial charge on any atom is -1.00 e. The molecule has 0 saturated carbocycles. The van der Waals surface area contributed by atoms with E-state index in [1.54, 1.807) is 18.2 Å². The van der Waals surface area contributed by atoms with E-state index in [0.29, 0.717) is 33.2 Å². The van der Waals surface area contributed by atoms with Gasteiger partial charge in [0.2, 0.25) is 6.33 Å². The second-order valence-corrected chi connectivity index (χ2v) is 9.66. The third kappa shape index (κ3) is 7.24. The van der Waals surface area contributed by atoms with Crippen molar-refractivity contribution in [3.05, 3.63) is 122 Å². The molecule has 1 aromatic heterocycles. The highest BCUT2D eigenvalue weighted by Gasteiger charge is 2.20. The monoisotopic (exact) mass is 598 g/mol. The van der Waals surface area contributed by atoms with Gasteiger partial charge >= 0.3 is 0 Å². The van der Waals surface area contributed by atoms with Gasteiger partial charge in [0.1, 0.15) is 31.6 Å². The second-order valence-electron chi connectivity index (χ2n) is 7.97. The Hall–Kier alpha value is -1.53. The third-order valence-electron chi connectivity index (χ3n) is 5.37. The molecule has 0 amide bonds. The number of aryl methyl sites for hydroxylation is 1.